The van der Waals surface area contributed by atoms with Crippen LogP contribution in [-0.2, 0) is 22.9 Å². The number of benzene rings is 2. The molecule has 1 aliphatic heterocycles. The molecule has 0 unspecified atom stereocenters. The van der Waals surface area contributed by atoms with Crippen LogP contribution >= 0.6 is 0 Å². The Morgan fingerprint density at radius 2 is 1.85 bits per heavy atom. The molecule has 0 radical (unpaired) electrons. The topological polar surface area (TPSA) is 132 Å². The maximum absolute atomic E-state index is 14.6. The molecule has 2 aromatic carbocycles. The van der Waals surface area contributed by atoms with Crippen molar-refractivity contribution in [2.75, 3.05) is 13.2 Å². The molecule has 2 amide bonds. The van der Waals surface area contributed by atoms with E-state index >= 15 is 0 Å². The monoisotopic (exact) mass is 557 g/mol. The first-order chi connectivity index (χ1) is 18.8. The van der Waals surface area contributed by atoms with E-state index in [4.69, 9.17) is 10.5 Å². The molecule has 208 valence electrons. The SMILES string of the molecule is Cn1nc2ccccc2c1C(=O)NC[C@](O)(c1cc2c(c(-c3ccc(F)cc3)n1)OC[C@]2(C)C(N)=O)C(F)(F)F. The lowest BCUT2D eigenvalue weighted by molar-refractivity contribution is -0.265. The summed E-state index contributed by atoms with van der Waals surface area (Å²) in [5.74, 6) is -2.41. The van der Waals surface area contributed by atoms with Crippen LogP contribution in [-0.4, -0.2) is 51.0 Å². The lowest BCUT2D eigenvalue weighted by Crippen LogP contribution is -2.52. The molecule has 13 heteroatoms. The summed E-state index contributed by atoms with van der Waals surface area (Å²) in [5.41, 5.74) is -0.174. The third kappa shape index (κ3) is 4.22. The summed E-state index contributed by atoms with van der Waals surface area (Å²) in [6.45, 7) is -0.218. The second kappa shape index (κ2) is 9.30. The summed E-state index contributed by atoms with van der Waals surface area (Å²) < 4.78 is 64.2. The first-order valence-corrected chi connectivity index (χ1v) is 12.0. The van der Waals surface area contributed by atoms with Gasteiger partial charge in [0.15, 0.2) is 0 Å². The van der Waals surface area contributed by atoms with E-state index < -0.39 is 47.1 Å². The average molecular weight is 558 g/mol. The van der Waals surface area contributed by atoms with E-state index in [1.54, 1.807) is 24.3 Å². The van der Waals surface area contributed by atoms with Gasteiger partial charge in [0.1, 0.15) is 35.0 Å². The zero-order chi connectivity index (χ0) is 29.0. The molecule has 3 heterocycles. The minimum absolute atomic E-state index is 0.0104. The number of carbonyl (C=O) groups excluding carboxylic acids is 2. The van der Waals surface area contributed by atoms with Crippen molar-refractivity contribution in [2.45, 2.75) is 24.1 Å². The molecule has 2 atom stereocenters. The highest BCUT2D eigenvalue weighted by Gasteiger charge is 2.57. The van der Waals surface area contributed by atoms with Crippen LogP contribution < -0.4 is 15.8 Å². The number of alkyl halides is 3. The van der Waals surface area contributed by atoms with Crippen LogP contribution in [0.2, 0.25) is 0 Å². The molecule has 0 bridgehead atoms. The lowest BCUT2D eigenvalue weighted by atomic mass is 9.81. The summed E-state index contributed by atoms with van der Waals surface area (Å²) in [6.07, 6.45) is -5.33. The van der Waals surface area contributed by atoms with Crippen molar-refractivity contribution in [3.63, 3.8) is 0 Å². The molecule has 0 aliphatic carbocycles. The van der Waals surface area contributed by atoms with Gasteiger partial charge in [-0.25, -0.2) is 9.37 Å². The maximum atomic E-state index is 14.6. The molecule has 4 N–H and O–H groups in total. The molecule has 0 saturated heterocycles. The lowest BCUT2D eigenvalue weighted by Gasteiger charge is -2.31. The predicted octanol–water partition coefficient (Wildman–Crippen LogP) is 3.09. The Bertz CT molecular complexity index is 1650. The number of nitrogens with two attached hydrogens (primary N) is 1. The van der Waals surface area contributed by atoms with Crippen LogP contribution in [0.1, 0.15) is 28.7 Å². The number of carbonyl (C=O) groups is 2. The van der Waals surface area contributed by atoms with Gasteiger partial charge in [-0.1, -0.05) is 18.2 Å². The van der Waals surface area contributed by atoms with Crippen molar-refractivity contribution in [1.82, 2.24) is 20.1 Å². The minimum atomic E-state index is -5.33. The number of primary amides is 1. The standard InChI is InChI=1S/C27H23F4N5O4/c1-25(24(32)38)13-40-22-17(25)11-19(34-20(22)14-7-9-15(28)10-8-14)26(39,27(29,30)31)12-33-23(37)21-16-5-3-4-6-18(16)35-36(21)2/h3-11,39H,12-13H2,1-2H3,(H2,32,38)(H,33,37)/t25-,26-/m0/s1. The number of nitrogens with one attached hydrogen (secondary N) is 1. The van der Waals surface area contributed by atoms with Gasteiger partial charge in [-0.05, 0) is 43.3 Å². The molecule has 40 heavy (non-hydrogen) atoms. The van der Waals surface area contributed by atoms with Crippen LogP contribution in [0.5, 0.6) is 5.75 Å². The number of amides is 2. The normalized spacial score (nSPS) is 18.2. The van der Waals surface area contributed by atoms with Gasteiger partial charge >= 0.3 is 6.18 Å². The van der Waals surface area contributed by atoms with E-state index in [-0.39, 0.29) is 34.9 Å². The number of halogens is 4. The number of aryl methyl sites for hydroxylation is 1. The van der Waals surface area contributed by atoms with Crippen LogP contribution in [0, 0.1) is 5.82 Å². The zero-order valence-electron chi connectivity index (χ0n) is 21.2. The van der Waals surface area contributed by atoms with E-state index in [0.717, 1.165) is 18.2 Å². The van der Waals surface area contributed by atoms with Crippen LogP contribution in [0.25, 0.3) is 22.2 Å². The van der Waals surface area contributed by atoms with Crippen molar-refractivity contribution in [3.05, 3.63) is 77.4 Å². The first kappa shape index (κ1) is 27.1. The molecular weight excluding hydrogens is 534 g/mol. The Kier molecular flexibility index (Phi) is 6.29. The van der Waals surface area contributed by atoms with Gasteiger partial charge < -0.3 is 20.9 Å². The summed E-state index contributed by atoms with van der Waals surface area (Å²) in [7, 11) is 1.46. The number of hydrogen-bond acceptors (Lipinski definition) is 6. The summed E-state index contributed by atoms with van der Waals surface area (Å²) >= 11 is 0. The van der Waals surface area contributed by atoms with Gasteiger partial charge in [0, 0.05) is 23.6 Å². The molecule has 2 aromatic heterocycles. The van der Waals surface area contributed by atoms with Gasteiger partial charge in [0.2, 0.25) is 11.5 Å². The number of pyridine rings is 1. The highest BCUT2D eigenvalue weighted by atomic mass is 19.4. The quantitative estimate of drug-likeness (QED) is 0.312. The van der Waals surface area contributed by atoms with Gasteiger partial charge in [0.25, 0.3) is 5.91 Å². The van der Waals surface area contributed by atoms with Crippen molar-refractivity contribution < 1.29 is 37.0 Å². The smallest absolute Gasteiger partial charge is 0.424 e. The number of aliphatic hydroxyl groups is 1. The zero-order valence-corrected chi connectivity index (χ0v) is 21.2. The number of hydrogen-bond donors (Lipinski definition) is 3. The summed E-state index contributed by atoms with van der Waals surface area (Å²) in [6, 6.07) is 12.2. The van der Waals surface area contributed by atoms with Crippen LogP contribution in [0.4, 0.5) is 17.6 Å². The highest BCUT2D eigenvalue weighted by molar-refractivity contribution is 6.05. The number of fused-ring (bicyclic) bond motifs is 2. The van der Waals surface area contributed by atoms with E-state index in [9.17, 15) is 32.3 Å². The van der Waals surface area contributed by atoms with Crippen LogP contribution in [0.15, 0.2) is 54.6 Å². The maximum Gasteiger partial charge on any atom is 0.424 e. The number of aromatic nitrogens is 3. The van der Waals surface area contributed by atoms with Crippen molar-refractivity contribution in [3.8, 4) is 17.0 Å². The fourth-order valence-corrected chi connectivity index (χ4v) is 4.65. The highest BCUT2D eigenvalue weighted by Crippen LogP contribution is 2.47. The summed E-state index contributed by atoms with van der Waals surface area (Å²) in [4.78, 5) is 29.5. The first-order valence-electron chi connectivity index (χ1n) is 12.0. The fourth-order valence-electron chi connectivity index (χ4n) is 4.65. The van der Waals surface area contributed by atoms with E-state index in [0.29, 0.717) is 10.9 Å². The molecular formula is C27H23F4N5O4. The van der Waals surface area contributed by atoms with Gasteiger partial charge in [-0.2, -0.15) is 18.3 Å². The van der Waals surface area contributed by atoms with Gasteiger partial charge in [-0.3, -0.25) is 14.3 Å². The predicted molar refractivity (Wildman–Crippen MR) is 135 cm³/mol. The third-order valence-corrected chi connectivity index (χ3v) is 7.09. The molecule has 1 aliphatic rings. The molecule has 9 nitrogen and oxygen atoms in total. The Labute approximate surface area is 224 Å². The summed E-state index contributed by atoms with van der Waals surface area (Å²) in [5, 5.41) is 17.9. The molecule has 0 spiro atoms. The van der Waals surface area contributed by atoms with E-state index in [1.165, 1.54) is 30.8 Å². The van der Waals surface area contributed by atoms with E-state index in [1.807, 2.05) is 0 Å². The number of ether oxygens (including phenoxy) is 1. The molecule has 0 fully saturated rings. The Hall–Kier alpha value is -4.52. The number of rotatable bonds is 6. The van der Waals surface area contributed by atoms with Gasteiger partial charge in [0.05, 0.1) is 17.8 Å². The largest absolute Gasteiger partial charge is 0.489 e. The van der Waals surface area contributed by atoms with Crippen molar-refractivity contribution in [2.24, 2.45) is 12.8 Å². The average Bonchev–Trinajstić information content (AvgIpc) is 3.43. The Morgan fingerprint density at radius 3 is 2.50 bits per heavy atom. The van der Waals surface area contributed by atoms with Crippen LogP contribution in [0.3, 0.4) is 0 Å². The Morgan fingerprint density at radius 1 is 1.18 bits per heavy atom. The minimum Gasteiger partial charge on any atom is -0.489 e. The molecule has 4 aromatic rings. The third-order valence-electron chi connectivity index (χ3n) is 7.09. The number of nitrogens with zero attached hydrogens (tertiary/aromatic N) is 3. The molecule has 0 saturated carbocycles. The van der Waals surface area contributed by atoms with Gasteiger partial charge in [-0.15, -0.1) is 0 Å². The Balaban J connectivity index is 1.62. The molecule has 5 rings (SSSR count). The van der Waals surface area contributed by atoms with Crippen molar-refractivity contribution in [1.29, 1.82) is 0 Å². The second-order valence-electron chi connectivity index (χ2n) is 9.75. The fraction of sp³-hybridized carbons (Fsp3) is 0.259. The second-order valence-corrected chi connectivity index (χ2v) is 9.75. The van der Waals surface area contributed by atoms with Crippen molar-refractivity contribution >= 4 is 22.7 Å². The van der Waals surface area contributed by atoms with E-state index in [2.05, 4.69) is 15.4 Å².